The SMILES string of the molecule is Brc1ccc([C](=[Zr+2])c2ccc(Br)cc2)cc1.Brc1ccc([C](=[Zr+2])c2ccc(Br)cc2)cc1.CC(C)(C)c1cc2c([c-]c1-c1ccccc1)Cc1cc(-c3ccccc3)c(C(C)(C)C)cc1-2.CC(C)(C)c1cc2c([c-]c1-c1ccccc1)Cc1cc(-c3ccccc3)c(C(C)(C)C)cc1-2.[C-]1=CC=CC1.[C-]1=CC=CC1.[Cl-].[Cl-]. The Hall–Kier alpha value is -6.39. The molecule has 0 heterocycles. The van der Waals surface area contributed by atoms with Crippen molar-refractivity contribution in [3.8, 4) is 66.8 Å². The predicted molar refractivity (Wildman–Crippen MR) is 470 cm³/mol. The Morgan fingerprint density at radius 3 is 0.782 bits per heavy atom. The molecule has 16 rings (SSSR count). The number of hydrogen-bond donors (Lipinski definition) is 0. The number of rotatable bonds is 8. The molecule has 0 unspecified atom stereocenters. The van der Waals surface area contributed by atoms with Gasteiger partial charge in [0.25, 0.3) is 0 Å². The largest absolute Gasteiger partial charge is 1.00 e. The molecular formula is C102H92Br4Cl2Zr2-2. The van der Waals surface area contributed by atoms with Gasteiger partial charge in [0.15, 0.2) is 0 Å². The van der Waals surface area contributed by atoms with Gasteiger partial charge in [-0.25, -0.2) is 24.3 Å². The van der Waals surface area contributed by atoms with E-state index in [1.165, 1.54) is 188 Å². The van der Waals surface area contributed by atoms with E-state index in [0.717, 1.165) is 43.6 Å². The maximum absolute atomic E-state index is 3.88. The Morgan fingerprint density at radius 1 is 0.300 bits per heavy atom. The van der Waals surface area contributed by atoms with Crippen molar-refractivity contribution in [1.29, 1.82) is 0 Å². The van der Waals surface area contributed by atoms with Crippen molar-refractivity contribution in [1.82, 2.24) is 0 Å². The van der Waals surface area contributed by atoms with Crippen LogP contribution in [-0.4, -0.2) is 6.41 Å². The molecule has 8 heteroatoms. The molecule has 0 bridgehead atoms. The summed E-state index contributed by atoms with van der Waals surface area (Å²) in [6.45, 7) is 27.8. The molecule has 0 aromatic heterocycles. The standard InChI is InChI=1S/2C33H33.2C13H8Br2.2C5H5.2ClH.2Zr/c2*1-32(2,3)30-20-26-24(18-28(30)22-13-9-7-10-14-22)17-25-19-29(23-15-11-8-12-16-23)31(21-27(25)26)33(4,5)6;2*14-12-5-1-10(2-6-12)9-11-3-7-13(15)8-4-11;2*1-2-4-5-3-1;;;;/h2*7-16,18,20-21H,17H2,1-6H3;2*1-8H;2*1-3H,4H2;2*1H;;/q2*-1;;;2*-1;;;2*+2/p-2. The van der Waals surface area contributed by atoms with E-state index < -0.39 is 0 Å². The number of allylic oxidation sites excluding steroid dienone is 8. The minimum Gasteiger partial charge on any atom is -1.00 e. The van der Waals surface area contributed by atoms with Crippen LogP contribution in [-0.2, 0) is 83.0 Å². The van der Waals surface area contributed by atoms with Crippen LogP contribution in [0.3, 0.4) is 0 Å². The molecule has 0 amide bonds. The predicted octanol–water partition coefficient (Wildman–Crippen LogP) is 23.2. The average molecular weight is 1890 g/mol. The van der Waals surface area contributed by atoms with Gasteiger partial charge in [0.1, 0.15) is 0 Å². The summed E-state index contributed by atoms with van der Waals surface area (Å²) in [7, 11) is 0. The molecule has 4 aliphatic carbocycles. The molecule has 0 atom stereocenters. The molecule has 12 aromatic rings. The monoisotopic (exact) mass is 1880 g/mol. The van der Waals surface area contributed by atoms with Gasteiger partial charge in [-0.2, -0.15) is 12.2 Å². The van der Waals surface area contributed by atoms with Crippen molar-refractivity contribution >= 4 is 70.1 Å². The fourth-order valence-corrected chi connectivity index (χ4v) is 16.4. The van der Waals surface area contributed by atoms with Gasteiger partial charge in [-0.3, -0.25) is 12.2 Å². The Balaban J connectivity index is 0.000000167. The summed E-state index contributed by atoms with van der Waals surface area (Å²) in [5.74, 6) is 0. The summed E-state index contributed by atoms with van der Waals surface area (Å²) in [6.07, 6.45) is 21.9. The van der Waals surface area contributed by atoms with Crippen molar-refractivity contribution in [3.63, 3.8) is 0 Å². The zero-order valence-corrected chi connectivity index (χ0v) is 77.6. The van der Waals surface area contributed by atoms with Crippen molar-refractivity contribution in [3.05, 3.63) is 400 Å². The van der Waals surface area contributed by atoms with Crippen molar-refractivity contribution in [2.24, 2.45) is 0 Å². The van der Waals surface area contributed by atoms with Crippen LogP contribution in [0.5, 0.6) is 0 Å². The van der Waals surface area contributed by atoms with Crippen molar-refractivity contribution in [2.45, 2.75) is 130 Å². The molecular weight excluding hydrogens is 1800 g/mol. The first-order chi connectivity index (χ1) is 51.6. The van der Waals surface area contributed by atoms with Crippen LogP contribution in [0.4, 0.5) is 0 Å². The van der Waals surface area contributed by atoms with Crippen molar-refractivity contribution < 1.29 is 73.3 Å². The summed E-state index contributed by atoms with van der Waals surface area (Å²) < 4.78 is 7.25. The van der Waals surface area contributed by atoms with Crippen molar-refractivity contribution in [2.75, 3.05) is 0 Å². The molecule has 0 aliphatic heterocycles. The Bertz CT molecular complexity index is 4590. The van der Waals surface area contributed by atoms with Gasteiger partial charge < -0.3 is 24.8 Å². The molecule has 4 aliphatic rings. The second-order valence-corrected chi connectivity index (χ2v) is 37.7. The van der Waals surface area contributed by atoms with Gasteiger partial charge in [-0.1, -0.05) is 262 Å². The average Bonchev–Trinajstić information content (AvgIpc) is 1.58. The molecule has 0 fully saturated rings. The summed E-state index contributed by atoms with van der Waals surface area (Å²) in [5, 5.41) is 0. The maximum Gasteiger partial charge on any atom is -0.0126 e. The van der Waals surface area contributed by atoms with Gasteiger partial charge >= 0.3 is 256 Å². The summed E-state index contributed by atoms with van der Waals surface area (Å²) in [6, 6.07) is 99.5. The van der Waals surface area contributed by atoms with E-state index in [9.17, 15) is 0 Å². The fraction of sp³-hybridized carbons (Fsp3) is 0.196. The van der Waals surface area contributed by atoms with E-state index in [1.807, 2.05) is 24.3 Å². The van der Waals surface area contributed by atoms with Crippen LogP contribution in [0.15, 0.2) is 309 Å². The van der Waals surface area contributed by atoms with Crippen LogP contribution in [0.1, 0.15) is 163 Å². The third kappa shape index (κ3) is 23.0. The number of halogens is 6. The second-order valence-electron chi connectivity index (χ2n) is 31.6. The van der Waals surface area contributed by atoms with Crippen LogP contribution >= 0.6 is 63.7 Å². The normalized spacial score (nSPS) is 12.4. The molecule has 552 valence electrons. The van der Waals surface area contributed by atoms with Gasteiger partial charge in [0.2, 0.25) is 0 Å². The minimum atomic E-state index is 0. The Morgan fingerprint density at radius 2 is 0.555 bits per heavy atom. The van der Waals surface area contributed by atoms with Gasteiger partial charge in [-0.15, -0.1) is 70.5 Å². The molecule has 0 radical (unpaired) electrons. The van der Waals surface area contributed by atoms with Gasteiger partial charge in [-0.05, 0) is 79.0 Å². The topological polar surface area (TPSA) is 0 Å². The van der Waals surface area contributed by atoms with E-state index >= 15 is 0 Å². The number of benzene rings is 12. The molecule has 0 N–H and O–H groups in total. The maximum atomic E-state index is 3.88. The molecule has 0 saturated heterocycles. The molecule has 0 saturated carbocycles. The first-order valence-electron chi connectivity index (χ1n) is 37.0. The van der Waals surface area contributed by atoms with E-state index in [4.69, 9.17) is 0 Å². The minimum absolute atomic E-state index is 0. The summed E-state index contributed by atoms with van der Waals surface area (Å²) in [4.78, 5) is 0. The van der Waals surface area contributed by atoms with E-state index in [1.54, 1.807) is 0 Å². The quantitative estimate of drug-likeness (QED) is 0.133. The third-order valence-electron chi connectivity index (χ3n) is 19.3. The molecule has 110 heavy (non-hydrogen) atoms. The number of fused-ring (bicyclic) bond motifs is 6. The zero-order valence-electron chi connectivity index (χ0n) is 64.8. The van der Waals surface area contributed by atoms with E-state index in [2.05, 4.69) is 438 Å². The van der Waals surface area contributed by atoms with E-state index in [-0.39, 0.29) is 46.5 Å². The smallest absolute Gasteiger partial charge is 0.0126 e. The molecule has 12 aromatic carbocycles. The first kappa shape index (κ1) is 87.6. The van der Waals surface area contributed by atoms with Gasteiger partial charge in [0, 0.05) is 0 Å². The summed E-state index contributed by atoms with van der Waals surface area (Å²) >= 11 is 16.7. The fourth-order valence-electron chi connectivity index (χ4n) is 13.7. The second kappa shape index (κ2) is 39.6. The van der Waals surface area contributed by atoms with Crippen LogP contribution in [0.2, 0.25) is 0 Å². The molecule has 0 spiro atoms. The molecule has 0 nitrogen and oxygen atoms in total. The van der Waals surface area contributed by atoms with Gasteiger partial charge in [0.05, 0.1) is 0 Å². The Kier molecular flexibility index (Phi) is 31.5. The first-order valence-corrected chi connectivity index (χ1v) is 42.6. The number of hydrogen-bond acceptors (Lipinski definition) is 0. The third-order valence-corrected chi connectivity index (χ3v) is 24.3. The van der Waals surface area contributed by atoms with Crippen LogP contribution in [0.25, 0.3) is 66.8 Å². The van der Waals surface area contributed by atoms with Crippen LogP contribution in [0, 0.1) is 24.3 Å². The van der Waals surface area contributed by atoms with E-state index in [0.29, 0.717) is 0 Å². The Labute approximate surface area is 732 Å². The summed E-state index contributed by atoms with van der Waals surface area (Å²) in [5.41, 5.74) is 32.2. The zero-order chi connectivity index (χ0) is 76.9. The van der Waals surface area contributed by atoms with Crippen LogP contribution < -0.4 is 24.8 Å².